The van der Waals surface area contributed by atoms with Crippen LogP contribution in [0.1, 0.15) is 23.3 Å². The van der Waals surface area contributed by atoms with E-state index in [0.717, 1.165) is 36.1 Å². The number of aryl methyl sites for hydroxylation is 1. The molecule has 0 saturated carbocycles. The van der Waals surface area contributed by atoms with Gasteiger partial charge in [0.15, 0.2) is 0 Å². The first kappa shape index (κ1) is 13.9. The van der Waals surface area contributed by atoms with E-state index in [2.05, 4.69) is 5.32 Å². The van der Waals surface area contributed by atoms with Gasteiger partial charge < -0.3 is 19.4 Å². The summed E-state index contributed by atoms with van der Waals surface area (Å²) < 4.78 is 12.7. The number of aromatic nitrogens is 1. The maximum Gasteiger partial charge on any atom is 0.268 e. The summed E-state index contributed by atoms with van der Waals surface area (Å²) in [6.45, 7) is 1.39. The summed E-state index contributed by atoms with van der Waals surface area (Å²) in [5.74, 6) is 0.717. The Balaban J connectivity index is 1.89. The van der Waals surface area contributed by atoms with Gasteiger partial charge in [-0.3, -0.25) is 4.79 Å². The second kappa shape index (κ2) is 5.77. The zero-order valence-electron chi connectivity index (χ0n) is 12.4. The van der Waals surface area contributed by atoms with E-state index in [9.17, 15) is 4.79 Å². The molecular weight excluding hydrogens is 268 g/mol. The molecule has 1 saturated heterocycles. The van der Waals surface area contributed by atoms with E-state index in [1.165, 1.54) is 0 Å². The van der Waals surface area contributed by atoms with Crippen LogP contribution in [0, 0.1) is 0 Å². The van der Waals surface area contributed by atoms with E-state index < -0.39 is 0 Å². The molecule has 1 aliphatic rings. The summed E-state index contributed by atoms with van der Waals surface area (Å²) >= 11 is 0. The van der Waals surface area contributed by atoms with Gasteiger partial charge in [-0.1, -0.05) is 6.07 Å². The predicted octanol–water partition coefficient (Wildman–Crippen LogP) is 2.10. The van der Waals surface area contributed by atoms with Crippen molar-refractivity contribution < 1.29 is 14.3 Å². The van der Waals surface area contributed by atoms with Crippen molar-refractivity contribution in [2.75, 3.05) is 20.3 Å². The number of benzene rings is 1. The molecule has 0 unspecified atom stereocenters. The van der Waals surface area contributed by atoms with Crippen molar-refractivity contribution >= 4 is 16.8 Å². The molecule has 0 spiro atoms. The lowest BCUT2D eigenvalue weighted by Crippen LogP contribution is -2.41. The van der Waals surface area contributed by atoms with Crippen LogP contribution in [0.25, 0.3) is 10.9 Å². The number of ether oxygens (including phenoxy) is 2. The van der Waals surface area contributed by atoms with Gasteiger partial charge in [-0.25, -0.2) is 0 Å². The van der Waals surface area contributed by atoms with E-state index in [0.29, 0.717) is 12.3 Å². The topological polar surface area (TPSA) is 52.5 Å². The zero-order chi connectivity index (χ0) is 14.8. The minimum Gasteiger partial charge on any atom is -0.496 e. The van der Waals surface area contributed by atoms with E-state index >= 15 is 0 Å². The molecule has 1 aromatic carbocycles. The van der Waals surface area contributed by atoms with E-state index in [1.807, 2.05) is 35.9 Å². The summed E-state index contributed by atoms with van der Waals surface area (Å²) in [6.07, 6.45) is 1.97. The molecule has 5 heteroatoms. The lowest BCUT2D eigenvalue weighted by atomic mass is 10.1. The summed E-state index contributed by atoms with van der Waals surface area (Å²) in [5, 5.41) is 4.00. The third-order valence-corrected chi connectivity index (χ3v) is 3.99. The largest absolute Gasteiger partial charge is 0.496 e. The van der Waals surface area contributed by atoms with Crippen LogP contribution in [0.15, 0.2) is 24.3 Å². The van der Waals surface area contributed by atoms with Gasteiger partial charge in [-0.15, -0.1) is 0 Å². The highest BCUT2D eigenvalue weighted by molar-refractivity contribution is 6.00. The fraction of sp³-hybridized carbons (Fsp3) is 0.438. The van der Waals surface area contributed by atoms with E-state index in [1.54, 1.807) is 7.11 Å². The average molecular weight is 288 g/mol. The minimum absolute atomic E-state index is 0.0637. The number of amides is 1. The second-order valence-electron chi connectivity index (χ2n) is 5.37. The number of methoxy groups -OCH3 is 1. The Hall–Kier alpha value is -2.01. The van der Waals surface area contributed by atoms with Crippen molar-refractivity contribution in [2.45, 2.75) is 18.9 Å². The molecule has 1 atom stereocenters. The van der Waals surface area contributed by atoms with Crippen LogP contribution in [0.2, 0.25) is 0 Å². The Labute approximate surface area is 123 Å². The van der Waals surface area contributed by atoms with Crippen LogP contribution < -0.4 is 10.1 Å². The van der Waals surface area contributed by atoms with Gasteiger partial charge in [-0.2, -0.15) is 0 Å². The normalized spacial score (nSPS) is 18.7. The van der Waals surface area contributed by atoms with Crippen molar-refractivity contribution in [3.05, 3.63) is 30.0 Å². The lowest BCUT2D eigenvalue weighted by molar-refractivity contribution is 0.0620. The van der Waals surface area contributed by atoms with E-state index in [4.69, 9.17) is 9.47 Å². The fourth-order valence-corrected chi connectivity index (χ4v) is 2.84. The number of hydrogen-bond acceptors (Lipinski definition) is 3. The number of rotatable bonds is 3. The van der Waals surface area contributed by atoms with Gasteiger partial charge in [0, 0.05) is 19.0 Å². The van der Waals surface area contributed by atoms with Crippen LogP contribution in [0.5, 0.6) is 5.75 Å². The predicted molar refractivity (Wildman–Crippen MR) is 80.8 cm³/mol. The van der Waals surface area contributed by atoms with Crippen LogP contribution >= 0.6 is 0 Å². The summed E-state index contributed by atoms with van der Waals surface area (Å²) in [4.78, 5) is 12.5. The molecule has 0 bridgehead atoms. The molecule has 1 fully saturated rings. The van der Waals surface area contributed by atoms with Crippen molar-refractivity contribution in [1.82, 2.24) is 9.88 Å². The number of nitrogens with zero attached hydrogens (tertiary/aromatic N) is 1. The standard InChI is InChI=1S/C16H20N2O3/c1-18-13-6-3-7-15(20-2)12(13)9-14(18)16(19)17-11-5-4-8-21-10-11/h3,6-7,9,11H,4-5,8,10H2,1-2H3,(H,17,19)/t11-/m0/s1. The smallest absolute Gasteiger partial charge is 0.268 e. The molecule has 112 valence electrons. The Morgan fingerprint density at radius 2 is 2.33 bits per heavy atom. The summed E-state index contributed by atoms with van der Waals surface area (Å²) in [7, 11) is 3.54. The number of nitrogens with one attached hydrogen (secondary N) is 1. The number of fused-ring (bicyclic) bond motifs is 1. The van der Waals surface area contributed by atoms with Crippen molar-refractivity contribution in [2.24, 2.45) is 7.05 Å². The highest BCUT2D eigenvalue weighted by Crippen LogP contribution is 2.28. The first-order valence-electron chi connectivity index (χ1n) is 7.21. The molecule has 1 aromatic heterocycles. The molecule has 0 radical (unpaired) electrons. The fourth-order valence-electron chi connectivity index (χ4n) is 2.84. The molecule has 3 rings (SSSR count). The zero-order valence-corrected chi connectivity index (χ0v) is 12.4. The highest BCUT2D eigenvalue weighted by Gasteiger charge is 2.20. The third-order valence-electron chi connectivity index (χ3n) is 3.99. The minimum atomic E-state index is -0.0637. The summed E-state index contributed by atoms with van der Waals surface area (Å²) in [6, 6.07) is 7.80. The Kier molecular flexibility index (Phi) is 3.84. The van der Waals surface area contributed by atoms with Crippen LogP contribution in [0.4, 0.5) is 0 Å². The molecule has 2 heterocycles. The van der Waals surface area contributed by atoms with Crippen LogP contribution in [-0.4, -0.2) is 36.8 Å². The van der Waals surface area contributed by atoms with Gasteiger partial charge >= 0.3 is 0 Å². The van der Waals surface area contributed by atoms with Crippen LogP contribution in [0.3, 0.4) is 0 Å². The third kappa shape index (κ3) is 2.61. The van der Waals surface area contributed by atoms with Gasteiger partial charge in [0.25, 0.3) is 5.91 Å². The molecule has 21 heavy (non-hydrogen) atoms. The summed E-state index contributed by atoms with van der Waals surface area (Å²) in [5.41, 5.74) is 1.62. The Morgan fingerprint density at radius 1 is 1.48 bits per heavy atom. The number of hydrogen-bond donors (Lipinski definition) is 1. The average Bonchev–Trinajstić information content (AvgIpc) is 2.86. The van der Waals surface area contributed by atoms with Gasteiger partial charge in [0.05, 0.1) is 25.3 Å². The molecule has 0 aliphatic carbocycles. The molecule has 1 amide bonds. The van der Waals surface area contributed by atoms with Crippen molar-refractivity contribution in [3.63, 3.8) is 0 Å². The number of carbonyl (C=O) groups excluding carboxylic acids is 1. The molecule has 5 nitrogen and oxygen atoms in total. The highest BCUT2D eigenvalue weighted by atomic mass is 16.5. The monoisotopic (exact) mass is 288 g/mol. The maximum atomic E-state index is 12.5. The maximum absolute atomic E-state index is 12.5. The first-order chi connectivity index (χ1) is 10.2. The van der Waals surface area contributed by atoms with Crippen LogP contribution in [-0.2, 0) is 11.8 Å². The SMILES string of the molecule is COc1cccc2c1cc(C(=O)N[C@H]1CCCOC1)n2C. The Morgan fingerprint density at radius 3 is 3.05 bits per heavy atom. The van der Waals surface area contributed by atoms with E-state index in [-0.39, 0.29) is 11.9 Å². The lowest BCUT2D eigenvalue weighted by Gasteiger charge is -2.23. The van der Waals surface area contributed by atoms with Gasteiger partial charge in [-0.05, 0) is 31.0 Å². The number of carbonyl (C=O) groups is 1. The van der Waals surface area contributed by atoms with Gasteiger partial charge in [0.2, 0.25) is 0 Å². The quantitative estimate of drug-likeness (QED) is 0.941. The van der Waals surface area contributed by atoms with Gasteiger partial charge in [0.1, 0.15) is 11.4 Å². The van der Waals surface area contributed by atoms with Crippen molar-refractivity contribution in [3.8, 4) is 5.75 Å². The Bertz CT molecular complexity index is 657. The second-order valence-corrected chi connectivity index (χ2v) is 5.37. The molecular formula is C16H20N2O3. The molecule has 1 aliphatic heterocycles. The first-order valence-corrected chi connectivity index (χ1v) is 7.21. The molecule has 1 N–H and O–H groups in total. The molecule has 2 aromatic rings. The van der Waals surface area contributed by atoms with Crippen molar-refractivity contribution in [1.29, 1.82) is 0 Å².